The van der Waals surface area contributed by atoms with Gasteiger partial charge in [0.05, 0.1) is 6.54 Å². The monoisotopic (exact) mass is 326 g/mol. The second-order valence-corrected chi connectivity index (χ2v) is 7.20. The lowest BCUT2D eigenvalue weighted by Gasteiger charge is -2.03. The smallest absolute Gasteiger partial charge is 0.263 e. The number of nitrogens with zero attached hydrogens (tertiary/aromatic N) is 1. The molecule has 0 fully saturated rings. The predicted octanol–water partition coefficient (Wildman–Crippen LogP) is 3.26. The van der Waals surface area contributed by atoms with Crippen LogP contribution in [0.2, 0.25) is 0 Å². The molecule has 0 saturated carbocycles. The molecule has 0 radical (unpaired) electrons. The molecule has 1 aliphatic rings. The molecule has 5 heteroatoms. The molecule has 1 N–H and O–H groups in total. The van der Waals surface area contributed by atoms with E-state index in [1.807, 2.05) is 61.5 Å². The first-order valence-electron chi connectivity index (χ1n) is 7.37. The Morgan fingerprint density at radius 3 is 2.26 bits per heavy atom. The second kappa shape index (κ2) is 6.01. The van der Waals surface area contributed by atoms with E-state index in [4.69, 9.17) is 0 Å². The highest BCUT2D eigenvalue weighted by Gasteiger charge is 2.32. The van der Waals surface area contributed by atoms with Gasteiger partial charge in [-0.25, -0.2) is 8.42 Å². The van der Waals surface area contributed by atoms with E-state index in [1.54, 1.807) is 6.92 Å². The van der Waals surface area contributed by atoms with Gasteiger partial charge in [0.15, 0.2) is 0 Å². The predicted molar refractivity (Wildman–Crippen MR) is 93.4 cm³/mol. The maximum atomic E-state index is 12.4. The van der Waals surface area contributed by atoms with Crippen LogP contribution < -0.4 is 4.72 Å². The number of sulfonamides is 1. The van der Waals surface area contributed by atoms with Crippen molar-refractivity contribution < 1.29 is 8.42 Å². The fraction of sp³-hybridized carbons (Fsp3) is 0.167. The van der Waals surface area contributed by atoms with Crippen LogP contribution in [0.4, 0.5) is 0 Å². The van der Waals surface area contributed by atoms with Crippen LogP contribution >= 0.6 is 0 Å². The van der Waals surface area contributed by atoms with E-state index in [2.05, 4.69) is 9.71 Å². The zero-order valence-corrected chi connectivity index (χ0v) is 13.9. The lowest BCUT2D eigenvalue weighted by molar-refractivity contribution is 0.603. The van der Waals surface area contributed by atoms with Crippen molar-refractivity contribution in [3.63, 3.8) is 0 Å². The molecule has 2 aromatic carbocycles. The van der Waals surface area contributed by atoms with Gasteiger partial charge >= 0.3 is 0 Å². The maximum Gasteiger partial charge on any atom is 0.264 e. The summed E-state index contributed by atoms with van der Waals surface area (Å²) >= 11 is 0. The lowest BCUT2D eigenvalue weighted by atomic mass is 10.1. The van der Waals surface area contributed by atoms with Crippen molar-refractivity contribution in [1.29, 1.82) is 0 Å². The first kappa shape index (κ1) is 15.5. The van der Waals surface area contributed by atoms with Gasteiger partial charge in [-0.05, 0) is 25.0 Å². The molecule has 0 saturated heterocycles. The molecule has 2 aromatic rings. The molecule has 3 rings (SSSR count). The van der Waals surface area contributed by atoms with E-state index in [0.29, 0.717) is 28.4 Å². The molecular weight excluding hydrogens is 308 g/mol. The topological polar surface area (TPSA) is 58.5 Å². The average Bonchev–Trinajstić information content (AvgIpc) is 2.77. The van der Waals surface area contributed by atoms with E-state index in [0.717, 1.165) is 11.1 Å². The van der Waals surface area contributed by atoms with Crippen LogP contribution in [-0.2, 0) is 16.6 Å². The van der Waals surface area contributed by atoms with Gasteiger partial charge in [0.25, 0.3) is 10.0 Å². The largest absolute Gasteiger partial charge is 0.264 e. The highest BCUT2D eigenvalue weighted by molar-refractivity contribution is 8.00. The molecule has 0 bridgehead atoms. The Labute approximate surface area is 136 Å². The van der Waals surface area contributed by atoms with Gasteiger partial charge in [0.1, 0.15) is 10.7 Å². The van der Waals surface area contributed by atoms with Gasteiger partial charge in [-0.3, -0.25) is 9.71 Å². The van der Waals surface area contributed by atoms with Crippen LogP contribution in [0.3, 0.4) is 0 Å². The molecule has 4 nitrogen and oxygen atoms in total. The minimum atomic E-state index is -3.56. The SMILES string of the molecule is CC1=C(c2ccc(C)cc2)S(=O)(=O)NC1=NCc1ccccc1. The van der Waals surface area contributed by atoms with Crippen molar-refractivity contribution in [2.45, 2.75) is 20.4 Å². The Hall–Kier alpha value is -2.40. The van der Waals surface area contributed by atoms with Crippen LogP contribution in [0, 0.1) is 6.92 Å². The molecule has 118 valence electrons. The zero-order valence-electron chi connectivity index (χ0n) is 13.1. The molecule has 0 aromatic heterocycles. The Morgan fingerprint density at radius 1 is 0.957 bits per heavy atom. The molecule has 0 amide bonds. The van der Waals surface area contributed by atoms with Crippen LogP contribution in [0.5, 0.6) is 0 Å². The van der Waals surface area contributed by atoms with Crippen molar-refractivity contribution in [2.75, 3.05) is 0 Å². The molecule has 1 heterocycles. The first-order valence-corrected chi connectivity index (χ1v) is 8.85. The van der Waals surface area contributed by atoms with Crippen LogP contribution in [-0.4, -0.2) is 14.3 Å². The Balaban J connectivity index is 1.97. The summed E-state index contributed by atoms with van der Waals surface area (Å²) in [6.07, 6.45) is 0. The molecule has 0 atom stereocenters. The van der Waals surface area contributed by atoms with E-state index in [1.165, 1.54) is 0 Å². The fourth-order valence-corrected chi connectivity index (χ4v) is 4.07. The number of aliphatic imine (C=N–C) groups is 1. The van der Waals surface area contributed by atoms with Gasteiger partial charge in [0, 0.05) is 5.57 Å². The summed E-state index contributed by atoms with van der Waals surface area (Å²) in [5, 5.41) is 0. The van der Waals surface area contributed by atoms with Crippen molar-refractivity contribution >= 4 is 20.8 Å². The highest BCUT2D eigenvalue weighted by atomic mass is 32.2. The normalized spacial score (nSPS) is 18.3. The minimum Gasteiger partial charge on any atom is -0.263 e. The van der Waals surface area contributed by atoms with Gasteiger partial charge in [-0.15, -0.1) is 0 Å². The van der Waals surface area contributed by atoms with E-state index in [-0.39, 0.29) is 0 Å². The zero-order chi connectivity index (χ0) is 16.4. The Kier molecular flexibility index (Phi) is 4.05. The molecule has 1 aliphatic heterocycles. The van der Waals surface area contributed by atoms with Crippen LogP contribution in [0.15, 0.2) is 65.2 Å². The van der Waals surface area contributed by atoms with Crippen LogP contribution in [0.25, 0.3) is 4.91 Å². The van der Waals surface area contributed by atoms with Gasteiger partial charge in [0.2, 0.25) is 0 Å². The summed E-state index contributed by atoms with van der Waals surface area (Å²) in [5.74, 6) is 0.421. The third-order valence-electron chi connectivity index (χ3n) is 3.77. The fourth-order valence-electron chi connectivity index (χ4n) is 2.55. The number of rotatable bonds is 3. The molecule has 0 aliphatic carbocycles. The summed E-state index contributed by atoms with van der Waals surface area (Å²) in [5.41, 5.74) is 3.47. The lowest BCUT2D eigenvalue weighted by Crippen LogP contribution is -2.23. The van der Waals surface area contributed by atoms with E-state index >= 15 is 0 Å². The number of hydrogen-bond acceptors (Lipinski definition) is 3. The number of benzene rings is 2. The summed E-state index contributed by atoms with van der Waals surface area (Å²) < 4.78 is 27.4. The number of amidine groups is 1. The van der Waals surface area contributed by atoms with Gasteiger partial charge < -0.3 is 0 Å². The van der Waals surface area contributed by atoms with Crippen molar-refractivity contribution in [1.82, 2.24) is 4.72 Å². The van der Waals surface area contributed by atoms with Crippen molar-refractivity contribution in [3.05, 3.63) is 76.9 Å². The number of nitrogens with one attached hydrogen (secondary N) is 1. The Morgan fingerprint density at radius 2 is 1.61 bits per heavy atom. The van der Waals surface area contributed by atoms with Crippen molar-refractivity contribution in [3.8, 4) is 0 Å². The third-order valence-corrected chi connectivity index (χ3v) is 5.31. The Bertz CT molecular complexity index is 880. The minimum absolute atomic E-state index is 0.310. The summed E-state index contributed by atoms with van der Waals surface area (Å²) in [7, 11) is -3.56. The average molecular weight is 326 g/mol. The van der Waals surface area contributed by atoms with Gasteiger partial charge in [-0.1, -0.05) is 60.2 Å². The summed E-state index contributed by atoms with van der Waals surface area (Å²) in [6.45, 7) is 4.20. The molecular formula is C18H18N2O2S. The van der Waals surface area contributed by atoms with Crippen LogP contribution in [0.1, 0.15) is 23.6 Å². The summed E-state index contributed by atoms with van der Waals surface area (Å²) in [4.78, 5) is 4.74. The van der Waals surface area contributed by atoms with E-state index < -0.39 is 10.0 Å². The number of aryl methyl sites for hydroxylation is 1. The van der Waals surface area contributed by atoms with E-state index in [9.17, 15) is 8.42 Å². The molecule has 0 unspecified atom stereocenters. The van der Waals surface area contributed by atoms with Crippen molar-refractivity contribution in [2.24, 2.45) is 4.99 Å². The molecule has 23 heavy (non-hydrogen) atoms. The van der Waals surface area contributed by atoms with Gasteiger partial charge in [-0.2, -0.15) is 0 Å². The summed E-state index contributed by atoms with van der Waals surface area (Å²) in [6, 6.07) is 17.2. The first-order chi connectivity index (χ1) is 11.0. The standard InChI is InChI=1S/C18H18N2O2S/c1-13-8-10-16(11-9-13)17-14(2)18(20-23(17,21)22)19-12-15-6-4-3-5-7-15/h3-11H,12H2,1-2H3,(H,19,20). The second-order valence-electron chi connectivity index (χ2n) is 5.58. The molecule has 0 spiro atoms. The quantitative estimate of drug-likeness (QED) is 0.941. The number of hydrogen-bond donors (Lipinski definition) is 1. The highest BCUT2D eigenvalue weighted by Crippen LogP contribution is 2.30. The third kappa shape index (κ3) is 3.19. The maximum absolute atomic E-state index is 12.4.